The van der Waals surface area contributed by atoms with Gasteiger partial charge in [0.25, 0.3) is 5.91 Å². The Morgan fingerprint density at radius 2 is 1.71 bits per heavy atom. The van der Waals surface area contributed by atoms with Crippen molar-refractivity contribution < 1.29 is 4.79 Å². The Balaban J connectivity index is 1.56. The molecule has 5 rings (SSSR count). The molecule has 5 nitrogen and oxygen atoms in total. The SMILES string of the molecule is CCC(C)Nc1ncc(C(=O)NC(C)c2cccc3ccccc23)c(C2(c3ccc(Cl)cc3)CCCC2)n1. The highest BCUT2D eigenvalue weighted by atomic mass is 35.5. The molecule has 2 atom stereocenters. The molecule has 2 unspecified atom stereocenters. The minimum Gasteiger partial charge on any atom is -0.352 e. The van der Waals surface area contributed by atoms with Gasteiger partial charge in [0.15, 0.2) is 0 Å². The lowest BCUT2D eigenvalue weighted by Crippen LogP contribution is -2.34. The van der Waals surface area contributed by atoms with E-state index in [0.717, 1.165) is 59.7 Å². The summed E-state index contributed by atoms with van der Waals surface area (Å²) in [4.78, 5) is 23.6. The summed E-state index contributed by atoms with van der Waals surface area (Å²) in [6, 6.07) is 22.5. The van der Waals surface area contributed by atoms with Crippen molar-refractivity contribution in [2.45, 2.75) is 70.4 Å². The first kappa shape index (κ1) is 26.2. The van der Waals surface area contributed by atoms with Crippen molar-refractivity contribution in [3.63, 3.8) is 0 Å². The first-order chi connectivity index (χ1) is 18.4. The molecule has 0 saturated heterocycles. The zero-order valence-electron chi connectivity index (χ0n) is 22.3. The van der Waals surface area contributed by atoms with E-state index in [4.69, 9.17) is 16.6 Å². The number of amides is 1. The van der Waals surface area contributed by atoms with E-state index in [1.54, 1.807) is 6.20 Å². The van der Waals surface area contributed by atoms with Gasteiger partial charge in [-0.15, -0.1) is 0 Å². The smallest absolute Gasteiger partial charge is 0.255 e. The average molecular weight is 527 g/mol. The zero-order chi connectivity index (χ0) is 26.7. The summed E-state index contributed by atoms with van der Waals surface area (Å²) in [6.45, 7) is 6.27. The van der Waals surface area contributed by atoms with Crippen molar-refractivity contribution in [3.05, 3.63) is 100 Å². The molecule has 1 heterocycles. The average Bonchev–Trinajstić information content (AvgIpc) is 3.44. The van der Waals surface area contributed by atoms with Crippen LogP contribution in [0.25, 0.3) is 10.8 Å². The molecule has 0 radical (unpaired) electrons. The van der Waals surface area contributed by atoms with E-state index < -0.39 is 0 Å². The van der Waals surface area contributed by atoms with Crippen molar-refractivity contribution in [1.29, 1.82) is 0 Å². The molecular weight excluding hydrogens is 492 g/mol. The fraction of sp³-hybridized carbons (Fsp3) is 0.344. The van der Waals surface area contributed by atoms with Gasteiger partial charge < -0.3 is 10.6 Å². The second-order valence-electron chi connectivity index (χ2n) is 10.5. The van der Waals surface area contributed by atoms with Gasteiger partial charge in [0.2, 0.25) is 5.95 Å². The van der Waals surface area contributed by atoms with Gasteiger partial charge in [0.05, 0.1) is 17.3 Å². The molecule has 3 aromatic carbocycles. The molecule has 1 fully saturated rings. The van der Waals surface area contributed by atoms with Gasteiger partial charge in [-0.3, -0.25) is 4.79 Å². The van der Waals surface area contributed by atoms with Crippen molar-refractivity contribution in [2.75, 3.05) is 5.32 Å². The number of carbonyl (C=O) groups is 1. The normalized spacial score (nSPS) is 16.2. The summed E-state index contributed by atoms with van der Waals surface area (Å²) >= 11 is 6.25. The molecular formula is C32H35ClN4O. The summed E-state index contributed by atoms with van der Waals surface area (Å²) in [5.74, 6) is 0.406. The molecule has 1 aliphatic carbocycles. The van der Waals surface area contributed by atoms with Crippen LogP contribution >= 0.6 is 11.6 Å². The Labute approximate surface area is 230 Å². The van der Waals surface area contributed by atoms with E-state index in [1.165, 1.54) is 0 Å². The third kappa shape index (κ3) is 5.12. The van der Waals surface area contributed by atoms with Crippen LogP contribution in [0.4, 0.5) is 5.95 Å². The maximum atomic E-state index is 13.9. The fourth-order valence-corrected chi connectivity index (χ4v) is 5.82. The molecule has 196 valence electrons. The summed E-state index contributed by atoms with van der Waals surface area (Å²) in [5.41, 5.74) is 3.18. The van der Waals surface area contributed by atoms with E-state index in [1.807, 2.05) is 37.3 Å². The van der Waals surface area contributed by atoms with Crippen LogP contribution in [0.1, 0.15) is 86.1 Å². The monoisotopic (exact) mass is 526 g/mol. The standard InChI is InChI=1S/C32H35ClN4O/c1-4-21(2)35-31-34-20-28(29(37-31)32(18-7-8-19-32)24-14-16-25(33)17-15-24)30(38)36-22(3)26-13-9-11-23-10-5-6-12-27(23)26/h5-6,9-17,20-22H,4,7-8,18-19H2,1-3H3,(H,36,38)(H,34,35,37). The lowest BCUT2D eigenvalue weighted by Gasteiger charge is -2.31. The van der Waals surface area contributed by atoms with Gasteiger partial charge >= 0.3 is 0 Å². The second-order valence-corrected chi connectivity index (χ2v) is 10.9. The highest BCUT2D eigenvalue weighted by molar-refractivity contribution is 6.30. The number of benzene rings is 3. The van der Waals surface area contributed by atoms with E-state index in [2.05, 4.69) is 65.9 Å². The Kier molecular flexibility index (Phi) is 7.66. The molecule has 1 aliphatic rings. The maximum Gasteiger partial charge on any atom is 0.255 e. The number of anilines is 1. The highest BCUT2D eigenvalue weighted by Crippen LogP contribution is 2.47. The van der Waals surface area contributed by atoms with Crippen LogP contribution in [-0.4, -0.2) is 21.9 Å². The molecule has 0 bridgehead atoms. The van der Waals surface area contributed by atoms with Crippen molar-refractivity contribution in [1.82, 2.24) is 15.3 Å². The van der Waals surface area contributed by atoms with Crippen molar-refractivity contribution in [2.24, 2.45) is 0 Å². The van der Waals surface area contributed by atoms with Gasteiger partial charge in [-0.1, -0.05) is 86.0 Å². The minimum absolute atomic E-state index is 0.157. The number of rotatable bonds is 8. The topological polar surface area (TPSA) is 66.9 Å². The van der Waals surface area contributed by atoms with Gasteiger partial charge in [0.1, 0.15) is 0 Å². The summed E-state index contributed by atoms with van der Waals surface area (Å²) in [5, 5.41) is 9.66. The first-order valence-electron chi connectivity index (χ1n) is 13.6. The molecule has 0 aliphatic heterocycles. The molecule has 38 heavy (non-hydrogen) atoms. The third-order valence-electron chi connectivity index (χ3n) is 7.97. The largest absolute Gasteiger partial charge is 0.352 e. The Bertz CT molecular complexity index is 1420. The number of halogens is 1. The molecule has 2 N–H and O–H groups in total. The highest BCUT2D eigenvalue weighted by Gasteiger charge is 2.42. The number of nitrogens with one attached hydrogen (secondary N) is 2. The molecule has 6 heteroatoms. The van der Waals surface area contributed by atoms with Gasteiger partial charge in [-0.2, -0.15) is 0 Å². The Hall–Kier alpha value is -3.44. The molecule has 0 spiro atoms. The number of carbonyl (C=O) groups excluding carboxylic acids is 1. The predicted molar refractivity (Wildman–Crippen MR) is 156 cm³/mol. The maximum absolute atomic E-state index is 13.9. The summed E-state index contributed by atoms with van der Waals surface area (Å²) < 4.78 is 0. The Morgan fingerprint density at radius 1 is 1.00 bits per heavy atom. The van der Waals surface area contributed by atoms with Crippen LogP contribution in [0.5, 0.6) is 0 Å². The van der Waals surface area contributed by atoms with Crippen LogP contribution < -0.4 is 10.6 Å². The summed E-state index contributed by atoms with van der Waals surface area (Å²) in [6.07, 6.45) is 6.66. The second kappa shape index (κ2) is 11.1. The van der Waals surface area contributed by atoms with Crippen LogP contribution in [0.2, 0.25) is 5.02 Å². The van der Waals surface area contributed by atoms with Crippen LogP contribution in [0, 0.1) is 0 Å². The third-order valence-corrected chi connectivity index (χ3v) is 8.22. The van der Waals surface area contributed by atoms with E-state index >= 15 is 0 Å². The molecule has 1 amide bonds. The number of hydrogen-bond acceptors (Lipinski definition) is 4. The number of hydrogen-bond donors (Lipinski definition) is 2. The minimum atomic E-state index is -0.366. The first-order valence-corrected chi connectivity index (χ1v) is 14.0. The lowest BCUT2D eigenvalue weighted by atomic mass is 9.74. The van der Waals surface area contributed by atoms with Gasteiger partial charge in [-0.05, 0) is 67.1 Å². The molecule has 1 saturated carbocycles. The molecule has 1 aromatic heterocycles. The van der Waals surface area contributed by atoms with E-state index in [-0.39, 0.29) is 23.4 Å². The summed E-state index contributed by atoms with van der Waals surface area (Å²) in [7, 11) is 0. The zero-order valence-corrected chi connectivity index (χ0v) is 23.1. The number of aromatic nitrogens is 2. The van der Waals surface area contributed by atoms with Crippen molar-refractivity contribution >= 4 is 34.2 Å². The van der Waals surface area contributed by atoms with E-state index in [9.17, 15) is 4.79 Å². The fourth-order valence-electron chi connectivity index (χ4n) is 5.69. The van der Waals surface area contributed by atoms with Crippen LogP contribution in [0.15, 0.2) is 72.9 Å². The predicted octanol–water partition coefficient (Wildman–Crippen LogP) is 7.84. The van der Waals surface area contributed by atoms with Crippen molar-refractivity contribution in [3.8, 4) is 0 Å². The van der Waals surface area contributed by atoms with Gasteiger partial charge in [0, 0.05) is 22.7 Å². The number of fused-ring (bicyclic) bond motifs is 1. The Morgan fingerprint density at radius 3 is 2.45 bits per heavy atom. The van der Waals surface area contributed by atoms with Crippen LogP contribution in [-0.2, 0) is 5.41 Å². The quantitative estimate of drug-likeness (QED) is 0.245. The van der Waals surface area contributed by atoms with E-state index in [0.29, 0.717) is 16.5 Å². The lowest BCUT2D eigenvalue weighted by molar-refractivity contribution is 0.0937. The van der Waals surface area contributed by atoms with Crippen LogP contribution in [0.3, 0.4) is 0 Å². The van der Waals surface area contributed by atoms with Gasteiger partial charge in [-0.25, -0.2) is 9.97 Å². The number of nitrogens with zero attached hydrogens (tertiary/aromatic N) is 2. The molecule has 4 aromatic rings.